The standard InChI is InChI=1S/C15H15BrS/c1-11-7-8-14(9-12(11)2)17-10-13-5-3-4-6-15(13)16/h3-9H,10H2,1-2H3. The lowest BCUT2D eigenvalue weighted by atomic mass is 10.1. The summed E-state index contributed by atoms with van der Waals surface area (Å²) in [5.74, 6) is 1.00. The maximum atomic E-state index is 3.58. The summed E-state index contributed by atoms with van der Waals surface area (Å²) in [6.07, 6.45) is 0. The number of halogens is 1. The Morgan fingerprint density at radius 1 is 1.00 bits per heavy atom. The molecule has 2 rings (SSSR count). The third kappa shape index (κ3) is 3.36. The Morgan fingerprint density at radius 2 is 1.76 bits per heavy atom. The van der Waals surface area contributed by atoms with Gasteiger partial charge in [-0.15, -0.1) is 11.8 Å². The molecule has 0 aromatic heterocycles. The highest BCUT2D eigenvalue weighted by Crippen LogP contribution is 2.27. The highest BCUT2D eigenvalue weighted by molar-refractivity contribution is 9.10. The Kier molecular flexibility index (Phi) is 4.30. The molecule has 0 spiro atoms. The number of hydrogen-bond donors (Lipinski definition) is 0. The number of aryl methyl sites for hydroxylation is 2. The van der Waals surface area contributed by atoms with Crippen LogP contribution in [0.2, 0.25) is 0 Å². The summed E-state index contributed by atoms with van der Waals surface area (Å²) in [5.41, 5.74) is 4.06. The molecule has 0 unspecified atom stereocenters. The first-order valence-electron chi connectivity index (χ1n) is 5.60. The van der Waals surface area contributed by atoms with Crippen LogP contribution in [0.15, 0.2) is 51.8 Å². The van der Waals surface area contributed by atoms with Crippen molar-refractivity contribution in [2.45, 2.75) is 24.5 Å². The minimum absolute atomic E-state index is 1.00. The second-order valence-corrected chi connectivity index (χ2v) is 6.03. The topological polar surface area (TPSA) is 0 Å². The first-order valence-corrected chi connectivity index (χ1v) is 7.38. The van der Waals surface area contributed by atoms with E-state index in [1.807, 2.05) is 17.8 Å². The maximum absolute atomic E-state index is 3.58. The second-order valence-electron chi connectivity index (χ2n) is 4.13. The van der Waals surface area contributed by atoms with Gasteiger partial charge in [0.1, 0.15) is 0 Å². The first-order chi connectivity index (χ1) is 8.16. The van der Waals surface area contributed by atoms with E-state index in [-0.39, 0.29) is 0 Å². The van der Waals surface area contributed by atoms with Gasteiger partial charge in [0.15, 0.2) is 0 Å². The molecule has 88 valence electrons. The van der Waals surface area contributed by atoms with Gasteiger partial charge in [-0.1, -0.05) is 40.2 Å². The van der Waals surface area contributed by atoms with E-state index in [4.69, 9.17) is 0 Å². The van der Waals surface area contributed by atoms with Crippen LogP contribution in [-0.4, -0.2) is 0 Å². The van der Waals surface area contributed by atoms with Crippen molar-refractivity contribution in [2.24, 2.45) is 0 Å². The van der Waals surface area contributed by atoms with Crippen LogP contribution in [0.25, 0.3) is 0 Å². The summed E-state index contributed by atoms with van der Waals surface area (Å²) in [6, 6.07) is 15.0. The van der Waals surface area contributed by atoms with E-state index in [1.54, 1.807) is 0 Å². The molecule has 2 aromatic carbocycles. The quantitative estimate of drug-likeness (QED) is 0.688. The van der Waals surface area contributed by atoms with Gasteiger partial charge >= 0.3 is 0 Å². The van der Waals surface area contributed by atoms with Gasteiger partial charge in [0.05, 0.1) is 0 Å². The van der Waals surface area contributed by atoms with Crippen LogP contribution in [0.5, 0.6) is 0 Å². The molecule has 0 N–H and O–H groups in total. The lowest BCUT2D eigenvalue weighted by Gasteiger charge is -2.06. The molecule has 0 aliphatic carbocycles. The fourth-order valence-electron chi connectivity index (χ4n) is 1.58. The molecular formula is C15H15BrS. The van der Waals surface area contributed by atoms with Crippen LogP contribution in [0.3, 0.4) is 0 Å². The summed E-state index contributed by atoms with van der Waals surface area (Å²) in [4.78, 5) is 1.34. The van der Waals surface area contributed by atoms with Crippen LogP contribution in [-0.2, 0) is 5.75 Å². The van der Waals surface area contributed by atoms with Crippen LogP contribution in [0.4, 0.5) is 0 Å². The van der Waals surface area contributed by atoms with Gasteiger partial charge in [-0.25, -0.2) is 0 Å². The van der Waals surface area contributed by atoms with Crippen molar-refractivity contribution in [3.05, 3.63) is 63.6 Å². The minimum Gasteiger partial charge on any atom is -0.121 e. The van der Waals surface area contributed by atoms with Gasteiger partial charge in [-0.3, -0.25) is 0 Å². The normalized spacial score (nSPS) is 10.5. The fourth-order valence-corrected chi connectivity index (χ4v) is 3.19. The molecule has 0 saturated heterocycles. The predicted molar refractivity (Wildman–Crippen MR) is 79.6 cm³/mol. The third-order valence-corrected chi connectivity index (χ3v) is 4.65. The van der Waals surface area contributed by atoms with Crippen LogP contribution < -0.4 is 0 Å². The molecule has 0 aliphatic heterocycles. The van der Waals surface area contributed by atoms with E-state index in [9.17, 15) is 0 Å². The molecule has 0 nitrogen and oxygen atoms in total. The van der Waals surface area contributed by atoms with E-state index in [1.165, 1.54) is 26.1 Å². The molecule has 2 heteroatoms. The van der Waals surface area contributed by atoms with Gasteiger partial charge in [0, 0.05) is 15.1 Å². The second kappa shape index (κ2) is 5.74. The van der Waals surface area contributed by atoms with Crippen LogP contribution in [0, 0.1) is 13.8 Å². The fraction of sp³-hybridized carbons (Fsp3) is 0.200. The molecule has 0 radical (unpaired) electrons. The van der Waals surface area contributed by atoms with Crippen molar-refractivity contribution in [2.75, 3.05) is 0 Å². The van der Waals surface area contributed by atoms with E-state index in [0.29, 0.717) is 0 Å². The summed E-state index contributed by atoms with van der Waals surface area (Å²) in [7, 11) is 0. The van der Waals surface area contributed by atoms with Crippen molar-refractivity contribution in [1.82, 2.24) is 0 Å². The predicted octanol–water partition coefficient (Wildman–Crippen LogP) is 5.36. The molecular weight excluding hydrogens is 292 g/mol. The van der Waals surface area contributed by atoms with E-state index in [2.05, 4.69) is 66.2 Å². The largest absolute Gasteiger partial charge is 0.121 e. The Morgan fingerprint density at radius 3 is 2.47 bits per heavy atom. The van der Waals surface area contributed by atoms with E-state index >= 15 is 0 Å². The van der Waals surface area contributed by atoms with Crippen molar-refractivity contribution in [3.8, 4) is 0 Å². The van der Waals surface area contributed by atoms with Gasteiger partial charge < -0.3 is 0 Å². The van der Waals surface area contributed by atoms with Gasteiger partial charge in [0.25, 0.3) is 0 Å². The maximum Gasteiger partial charge on any atom is 0.0243 e. The molecule has 0 aliphatic rings. The number of benzene rings is 2. The van der Waals surface area contributed by atoms with Crippen molar-refractivity contribution < 1.29 is 0 Å². The molecule has 17 heavy (non-hydrogen) atoms. The lowest BCUT2D eigenvalue weighted by molar-refractivity contribution is 1.27. The van der Waals surface area contributed by atoms with Crippen LogP contribution in [0.1, 0.15) is 16.7 Å². The Bertz CT molecular complexity index is 520. The zero-order valence-corrected chi connectivity index (χ0v) is 12.4. The van der Waals surface area contributed by atoms with E-state index < -0.39 is 0 Å². The Labute approximate surface area is 116 Å². The van der Waals surface area contributed by atoms with Gasteiger partial charge in [-0.05, 0) is 48.7 Å². The number of thioether (sulfide) groups is 1. The zero-order valence-electron chi connectivity index (χ0n) is 10.0. The van der Waals surface area contributed by atoms with Crippen molar-refractivity contribution in [3.63, 3.8) is 0 Å². The first kappa shape index (κ1) is 12.7. The smallest absolute Gasteiger partial charge is 0.0243 e. The average Bonchev–Trinajstić information content (AvgIpc) is 2.32. The monoisotopic (exact) mass is 306 g/mol. The summed E-state index contributed by atoms with van der Waals surface area (Å²) in [5, 5.41) is 0. The van der Waals surface area contributed by atoms with Crippen LogP contribution >= 0.6 is 27.7 Å². The van der Waals surface area contributed by atoms with Gasteiger partial charge in [-0.2, -0.15) is 0 Å². The zero-order chi connectivity index (χ0) is 12.3. The molecule has 0 fully saturated rings. The minimum atomic E-state index is 1.00. The Hall–Kier alpha value is -0.730. The summed E-state index contributed by atoms with van der Waals surface area (Å²) < 4.78 is 1.19. The van der Waals surface area contributed by atoms with Gasteiger partial charge in [0.2, 0.25) is 0 Å². The lowest BCUT2D eigenvalue weighted by Crippen LogP contribution is -1.84. The highest BCUT2D eigenvalue weighted by atomic mass is 79.9. The SMILES string of the molecule is Cc1ccc(SCc2ccccc2Br)cc1C. The molecule has 0 bridgehead atoms. The molecule has 0 atom stereocenters. The molecule has 0 heterocycles. The summed E-state index contributed by atoms with van der Waals surface area (Å²) in [6.45, 7) is 4.31. The highest BCUT2D eigenvalue weighted by Gasteiger charge is 2.01. The molecule has 2 aromatic rings. The third-order valence-electron chi connectivity index (χ3n) is 2.83. The van der Waals surface area contributed by atoms with Crippen molar-refractivity contribution >= 4 is 27.7 Å². The number of rotatable bonds is 3. The summed E-state index contributed by atoms with van der Waals surface area (Å²) >= 11 is 5.46. The molecule has 0 amide bonds. The number of hydrogen-bond acceptors (Lipinski definition) is 1. The molecule has 0 saturated carbocycles. The average molecular weight is 307 g/mol. The van der Waals surface area contributed by atoms with Crippen molar-refractivity contribution in [1.29, 1.82) is 0 Å². The van der Waals surface area contributed by atoms with E-state index in [0.717, 1.165) is 5.75 Å². The Balaban J connectivity index is 2.08.